The first-order valence-electron chi connectivity index (χ1n) is 17.9. The number of hydrogen-bond acceptors (Lipinski definition) is 9. The first-order valence-corrected chi connectivity index (χ1v) is 20.0. The number of carbonyl (C=O) groups excluding carboxylic acids is 1. The Bertz CT molecular complexity index is 2180. The number of aromatic nitrogens is 4. The minimum atomic E-state index is -3.54. The van der Waals surface area contributed by atoms with Crippen LogP contribution in [0.5, 0.6) is 5.75 Å². The quantitative estimate of drug-likeness (QED) is 0.251. The first kappa shape index (κ1) is 35.0. The summed E-state index contributed by atoms with van der Waals surface area (Å²) in [5.41, 5.74) is 3.76. The minimum Gasteiger partial charge on any atom is -0.490 e. The molecule has 274 valence electrons. The molecule has 1 spiro atoms. The third kappa shape index (κ3) is 6.56. The van der Waals surface area contributed by atoms with Gasteiger partial charge < -0.3 is 19.5 Å². The van der Waals surface area contributed by atoms with E-state index in [0.29, 0.717) is 41.4 Å². The van der Waals surface area contributed by atoms with Gasteiger partial charge in [0.25, 0.3) is 5.91 Å². The number of nitrogens with zero attached hydrogens (tertiary/aromatic N) is 6. The Morgan fingerprint density at radius 1 is 1.15 bits per heavy atom. The molecule has 2 aliphatic heterocycles. The maximum atomic E-state index is 14.8. The number of aliphatic hydroxyl groups is 1. The summed E-state index contributed by atoms with van der Waals surface area (Å²) in [6, 6.07) is 11.6. The molecule has 0 saturated heterocycles. The van der Waals surface area contributed by atoms with Crippen molar-refractivity contribution in [2.45, 2.75) is 56.7 Å². The number of carbonyl (C=O) groups is 1. The van der Waals surface area contributed by atoms with E-state index in [1.54, 1.807) is 44.1 Å². The van der Waals surface area contributed by atoms with Crippen molar-refractivity contribution >= 4 is 50.0 Å². The summed E-state index contributed by atoms with van der Waals surface area (Å²) in [6.07, 6.45) is 10.5. The van der Waals surface area contributed by atoms with Gasteiger partial charge >= 0.3 is 0 Å². The summed E-state index contributed by atoms with van der Waals surface area (Å²) >= 11 is 6.46. The number of aliphatic hydroxyl groups excluding tert-OH is 1. The van der Waals surface area contributed by atoms with Crippen LogP contribution in [0.1, 0.15) is 54.1 Å². The minimum absolute atomic E-state index is 0.133. The molecule has 14 heteroatoms. The third-order valence-corrected chi connectivity index (χ3v) is 13.6. The van der Waals surface area contributed by atoms with E-state index in [1.807, 2.05) is 24.3 Å². The molecule has 4 aromatic rings. The van der Waals surface area contributed by atoms with Gasteiger partial charge in [0.2, 0.25) is 0 Å². The van der Waals surface area contributed by atoms with Crippen molar-refractivity contribution in [1.29, 1.82) is 0 Å². The molecule has 2 aromatic carbocycles. The van der Waals surface area contributed by atoms with Crippen LogP contribution in [0.3, 0.4) is 0 Å². The van der Waals surface area contributed by atoms with Gasteiger partial charge in [-0.2, -0.15) is 5.10 Å². The summed E-state index contributed by atoms with van der Waals surface area (Å²) in [7, 11) is -0.0794. The predicted octanol–water partition coefficient (Wildman–Crippen LogP) is 5.73. The molecule has 1 fully saturated rings. The second-order valence-electron chi connectivity index (χ2n) is 14.9. The van der Waals surface area contributed by atoms with Crippen LogP contribution in [0.15, 0.2) is 65.4 Å². The third-order valence-electron chi connectivity index (χ3n) is 11.4. The molecule has 0 radical (unpaired) electrons. The zero-order valence-corrected chi connectivity index (χ0v) is 31.1. The summed E-state index contributed by atoms with van der Waals surface area (Å²) in [5.74, 6) is 0.181. The number of benzene rings is 2. The second kappa shape index (κ2) is 13.7. The van der Waals surface area contributed by atoms with Crippen LogP contribution < -0.4 is 14.4 Å². The molecule has 2 bridgehead atoms. The largest absolute Gasteiger partial charge is 0.490 e. The standard InChI is InChI=1S/C38H44ClN7O5S/c1-23-19-52(49,43-36-29-18-45(2)42-35(29)40-22-41-36)44-37(48)25-7-12-34-31(16-25)46(17-26-6-9-28(26)33(50-3)13-11-32(23)47)20-38(21-51-34)14-4-5-24-15-27(39)8-10-30(24)38/h7-8,10-13,15-16,18,22-23,26,28,32-33,47H,4-6,9,14,17,19-21H2,1-3H3,(H,40,41,42,43,44,48,49)/b13-11+/t23-,26+,28-,32+,33+,38+,52-/m1/s1. The number of amides is 1. The number of methoxy groups -OCH3 is 1. The van der Waals surface area contributed by atoms with Gasteiger partial charge in [0, 0.05) is 49.4 Å². The molecule has 1 saturated carbocycles. The van der Waals surface area contributed by atoms with Crippen molar-refractivity contribution in [3.05, 3.63) is 82.8 Å². The summed E-state index contributed by atoms with van der Waals surface area (Å²) in [4.78, 5) is 25.1. The SMILES string of the molecule is CO[C@H]1/C=C/[C@H](O)[C@H](C)C[S@@](=O)(Nc2ncnc3nn(C)cc23)=NC(=O)c2ccc3c(c2)N(C[C@@H]2CC[C@H]21)C[C@@]1(CCCc2cc(Cl)ccc21)CO3. The van der Waals surface area contributed by atoms with Gasteiger partial charge in [-0.3, -0.25) is 14.2 Å². The van der Waals surface area contributed by atoms with Crippen LogP contribution in [-0.4, -0.2) is 79.7 Å². The molecule has 4 aliphatic rings. The number of halogens is 1. The zero-order valence-electron chi connectivity index (χ0n) is 29.6. The van der Waals surface area contributed by atoms with Crippen molar-refractivity contribution in [2.75, 3.05) is 42.2 Å². The van der Waals surface area contributed by atoms with Crippen LogP contribution in [0, 0.1) is 17.8 Å². The van der Waals surface area contributed by atoms with Crippen molar-refractivity contribution in [3.8, 4) is 5.75 Å². The number of fused-ring (bicyclic) bond motifs is 5. The average Bonchev–Trinajstić information content (AvgIpc) is 3.43. The van der Waals surface area contributed by atoms with E-state index in [4.69, 9.17) is 21.1 Å². The Hall–Kier alpha value is -4.04. The van der Waals surface area contributed by atoms with E-state index in [0.717, 1.165) is 49.4 Å². The monoisotopic (exact) mass is 745 g/mol. The number of nitrogens with one attached hydrogen (secondary N) is 1. The average molecular weight is 746 g/mol. The number of aryl methyl sites for hydroxylation is 2. The Morgan fingerprint density at radius 2 is 2.02 bits per heavy atom. The lowest BCUT2D eigenvalue weighted by Gasteiger charge is -2.46. The normalized spacial score (nSPS) is 31.1. The van der Waals surface area contributed by atoms with Crippen molar-refractivity contribution < 1.29 is 23.6 Å². The molecule has 0 unspecified atom stereocenters. The van der Waals surface area contributed by atoms with Crippen LogP contribution in [0.4, 0.5) is 11.5 Å². The number of hydrogen-bond donors (Lipinski definition) is 2. The van der Waals surface area contributed by atoms with Gasteiger partial charge in [0.15, 0.2) is 11.5 Å². The van der Waals surface area contributed by atoms with Crippen LogP contribution in [0.2, 0.25) is 5.02 Å². The van der Waals surface area contributed by atoms with E-state index < -0.39 is 27.8 Å². The predicted molar refractivity (Wildman–Crippen MR) is 201 cm³/mol. The maximum absolute atomic E-state index is 14.8. The Morgan fingerprint density at radius 3 is 2.83 bits per heavy atom. The zero-order chi connectivity index (χ0) is 36.2. The Labute approximate surface area is 308 Å². The highest BCUT2D eigenvalue weighted by atomic mass is 35.5. The lowest BCUT2D eigenvalue weighted by Crippen LogP contribution is -2.49. The molecular formula is C38H44ClN7O5S. The van der Waals surface area contributed by atoms with Gasteiger partial charge in [-0.05, 0) is 91.3 Å². The highest BCUT2D eigenvalue weighted by Crippen LogP contribution is 2.47. The van der Waals surface area contributed by atoms with E-state index in [2.05, 4.69) is 41.2 Å². The lowest BCUT2D eigenvalue weighted by molar-refractivity contribution is 0.0124. The molecule has 12 nitrogen and oxygen atoms in total. The fourth-order valence-corrected chi connectivity index (χ4v) is 10.7. The van der Waals surface area contributed by atoms with E-state index in [-0.39, 0.29) is 29.0 Å². The Balaban J connectivity index is 1.24. The van der Waals surface area contributed by atoms with E-state index >= 15 is 0 Å². The second-order valence-corrected chi connectivity index (χ2v) is 17.3. The van der Waals surface area contributed by atoms with Gasteiger partial charge in [-0.25, -0.2) is 14.2 Å². The fraction of sp³-hybridized carbons (Fsp3) is 0.474. The summed E-state index contributed by atoms with van der Waals surface area (Å²) in [6.45, 7) is 3.72. The molecule has 7 atom stereocenters. The molecule has 8 rings (SSSR count). The summed E-state index contributed by atoms with van der Waals surface area (Å²) in [5, 5.41) is 16.9. The van der Waals surface area contributed by atoms with Crippen LogP contribution in [0.25, 0.3) is 11.0 Å². The molecule has 4 heterocycles. The molecule has 2 aromatic heterocycles. The number of ether oxygens (including phenoxy) is 2. The Kier molecular flexibility index (Phi) is 9.25. The first-order chi connectivity index (χ1) is 25.0. The fourth-order valence-electron chi connectivity index (χ4n) is 8.52. The van der Waals surface area contributed by atoms with Gasteiger partial charge in [-0.15, -0.1) is 4.36 Å². The molecule has 2 N–H and O–H groups in total. The van der Waals surface area contributed by atoms with Crippen LogP contribution in [-0.2, 0) is 33.5 Å². The van der Waals surface area contributed by atoms with Crippen molar-refractivity contribution in [2.24, 2.45) is 29.2 Å². The molecule has 1 amide bonds. The van der Waals surface area contributed by atoms with Gasteiger partial charge in [0.05, 0.1) is 35.6 Å². The van der Waals surface area contributed by atoms with E-state index in [9.17, 15) is 14.1 Å². The lowest BCUT2D eigenvalue weighted by atomic mass is 9.68. The van der Waals surface area contributed by atoms with Crippen molar-refractivity contribution in [3.63, 3.8) is 0 Å². The van der Waals surface area contributed by atoms with E-state index in [1.165, 1.54) is 17.5 Å². The van der Waals surface area contributed by atoms with Crippen molar-refractivity contribution in [1.82, 2.24) is 19.7 Å². The van der Waals surface area contributed by atoms with Crippen LogP contribution >= 0.6 is 11.6 Å². The highest BCUT2D eigenvalue weighted by molar-refractivity contribution is 7.95. The topological polar surface area (TPSA) is 144 Å². The maximum Gasteiger partial charge on any atom is 0.286 e. The molecular weight excluding hydrogens is 702 g/mol. The van der Waals surface area contributed by atoms with Gasteiger partial charge in [0.1, 0.15) is 22.0 Å². The summed E-state index contributed by atoms with van der Waals surface area (Å²) < 4.78 is 36.5. The van der Waals surface area contributed by atoms with Gasteiger partial charge in [-0.1, -0.05) is 36.7 Å². The number of anilines is 2. The number of rotatable bonds is 3. The highest BCUT2D eigenvalue weighted by Gasteiger charge is 2.44. The smallest absolute Gasteiger partial charge is 0.286 e. The molecule has 52 heavy (non-hydrogen) atoms. The molecule has 2 aliphatic carbocycles.